The normalized spacial score (nSPS) is 13.1. The molecule has 0 bridgehead atoms. The molecule has 0 spiro atoms. The first-order chi connectivity index (χ1) is 23.8. The van der Waals surface area contributed by atoms with Crippen molar-refractivity contribution in [3.8, 4) is 56.4 Å². The summed E-state index contributed by atoms with van der Waals surface area (Å²) < 4.78 is 3.36. The lowest BCUT2D eigenvalue weighted by Gasteiger charge is -2.22. The van der Waals surface area contributed by atoms with Gasteiger partial charge in [0.2, 0.25) is 0 Å². The lowest BCUT2D eigenvalue weighted by molar-refractivity contribution is 0.661. The van der Waals surface area contributed by atoms with Crippen LogP contribution >= 0.6 is 0 Å². The minimum absolute atomic E-state index is 0.0349. The number of nitrogens with zero attached hydrogens (tertiary/aromatic N) is 5. The van der Waals surface area contributed by atoms with Crippen molar-refractivity contribution in [2.75, 3.05) is 0 Å². The van der Waals surface area contributed by atoms with Crippen LogP contribution in [0, 0.1) is 0 Å². The predicted molar refractivity (Wildman–Crippen MR) is 198 cm³/mol. The summed E-state index contributed by atoms with van der Waals surface area (Å²) in [6.07, 6.45) is 0. The zero-order valence-electron chi connectivity index (χ0n) is 27.8. The number of hydrogen-bond acceptors (Lipinski definition) is 4. The smallest absolute Gasteiger partial charge is 0.295 e. The van der Waals surface area contributed by atoms with Gasteiger partial charge < -0.3 is 0 Å². The summed E-state index contributed by atoms with van der Waals surface area (Å²) in [5, 5.41) is 2.53. The fourth-order valence-electron chi connectivity index (χ4n) is 7.49. The SMILES string of the molecule is Cn1c(=O)n(C)c2cc(-c3ccc(-c4nc(-c5ccccc5)nc(-c5ccc6c(c5)C(C)(C)c5ccc7ccccc7c5-6)n4)cc3)ccc21. The summed E-state index contributed by atoms with van der Waals surface area (Å²) in [5.41, 5.74) is 11.7. The molecule has 0 saturated heterocycles. The molecule has 0 fully saturated rings. The number of aryl methyl sites for hydroxylation is 2. The number of benzene rings is 6. The van der Waals surface area contributed by atoms with E-state index in [-0.39, 0.29) is 11.1 Å². The van der Waals surface area contributed by atoms with Gasteiger partial charge in [-0.25, -0.2) is 19.7 Å². The molecule has 0 atom stereocenters. The fraction of sp³-hybridized carbons (Fsp3) is 0.116. The van der Waals surface area contributed by atoms with Crippen molar-refractivity contribution in [3.05, 3.63) is 149 Å². The Hall–Kier alpha value is -6.14. The molecule has 6 heteroatoms. The molecule has 6 aromatic carbocycles. The minimum atomic E-state index is -0.173. The van der Waals surface area contributed by atoms with Crippen molar-refractivity contribution in [3.63, 3.8) is 0 Å². The first-order valence-electron chi connectivity index (χ1n) is 16.5. The zero-order valence-corrected chi connectivity index (χ0v) is 27.8. The van der Waals surface area contributed by atoms with E-state index in [1.54, 1.807) is 16.2 Å². The summed E-state index contributed by atoms with van der Waals surface area (Å²) >= 11 is 0. The second kappa shape index (κ2) is 10.7. The number of aromatic nitrogens is 5. The summed E-state index contributed by atoms with van der Waals surface area (Å²) in [6, 6.07) is 44.3. The first kappa shape index (κ1) is 29.0. The van der Waals surface area contributed by atoms with Crippen molar-refractivity contribution in [1.82, 2.24) is 24.1 Å². The Kier molecular flexibility index (Phi) is 6.33. The summed E-state index contributed by atoms with van der Waals surface area (Å²) in [7, 11) is 3.61. The van der Waals surface area contributed by atoms with Gasteiger partial charge in [-0.15, -0.1) is 0 Å². The van der Waals surface area contributed by atoms with Crippen LogP contribution in [0.25, 0.3) is 78.2 Å². The number of rotatable bonds is 4. The molecule has 236 valence electrons. The van der Waals surface area contributed by atoms with Crippen LogP contribution in [0.2, 0.25) is 0 Å². The molecule has 1 aliphatic carbocycles. The standard InChI is InChI=1S/C43H33N5O/c1-43(2)34-22-19-27-10-8-9-13-32(27)38(34)33-21-18-31(24-35(33)43)41-45-39(28-11-6-5-7-12-28)44-40(46-41)29-16-14-26(15-17-29)30-20-23-36-37(25-30)48(4)42(49)47(36)3/h5-25H,1-4H3. The van der Waals surface area contributed by atoms with E-state index in [9.17, 15) is 4.79 Å². The van der Waals surface area contributed by atoms with Crippen molar-refractivity contribution in [1.29, 1.82) is 0 Å². The van der Waals surface area contributed by atoms with Gasteiger partial charge in [0, 0.05) is 36.2 Å². The van der Waals surface area contributed by atoms with E-state index in [2.05, 4.69) is 105 Å². The molecule has 0 unspecified atom stereocenters. The monoisotopic (exact) mass is 635 g/mol. The van der Waals surface area contributed by atoms with Crippen molar-refractivity contribution in [2.45, 2.75) is 19.3 Å². The highest BCUT2D eigenvalue weighted by atomic mass is 16.1. The summed E-state index contributed by atoms with van der Waals surface area (Å²) in [4.78, 5) is 27.6. The third kappa shape index (κ3) is 4.48. The van der Waals surface area contributed by atoms with Crippen LogP contribution in [0.5, 0.6) is 0 Å². The molecule has 9 rings (SSSR count). The van der Waals surface area contributed by atoms with E-state index in [1.165, 1.54) is 33.0 Å². The molecule has 0 N–H and O–H groups in total. The van der Waals surface area contributed by atoms with Crippen LogP contribution in [0.15, 0.2) is 132 Å². The fourth-order valence-corrected chi connectivity index (χ4v) is 7.49. The van der Waals surface area contributed by atoms with E-state index in [4.69, 9.17) is 15.0 Å². The lowest BCUT2D eigenvalue weighted by atomic mass is 9.81. The van der Waals surface area contributed by atoms with E-state index < -0.39 is 0 Å². The van der Waals surface area contributed by atoms with Gasteiger partial charge >= 0.3 is 5.69 Å². The van der Waals surface area contributed by atoms with Crippen LogP contribution in [0.1, 0.15) is 25.0 Å². The van der Waals surface area contributed by atoms with Gasteiger partial charge in [-0.2, -0.15) is 0 Å². The van der Waals surface area contributed by atoms with Gasteiger partial charge in [-0.3, -0.25) is 9.13 Å². The molecular formula is C43H33N5O. The Bertz CT molecular complexity index is 2670. The Morgan fingerprint density at radius 2 is 1.10 bits per heavy atom. The van der Waals surface area contributed by atoms with Gasteiger partial charge in [-0.05, 0) is 62.4 Å². The molecular weight excluding hydrogens is 603 g/mol. The largest absolute Gasteiger partial charge is 0.328 e. The van der Waals surface area contributed by atoms with E-state index in [0.717, 1.165) is 38.9 Å². The Balaban J connectivity index is 1.15. The number of fused-ring (bicyclic) bond motifs is 6. The van der Waals surface area contributed by atoms with Crippen molar-refractivity contribution < 1.29 is 0 Å². The third-order valence-electron chi connectivity index (χ3n) is 10.2. The molecule has 0 radical (unpaired) electrons. The third-order valence-corrected chi connectivity index (χ3v) is 10.2. The molecule has 0 amide bonds. The molecule has 0 saturated carbocycles. The number of hydrogen-bond donors (Lipinski definition) is 0. The predicted octanol–water partition coefficient (Wildman–Crippen LogP) is 9.19. The van der Waals surface area contributed by atoms with Gasteiger partial charge in [0.15, 0.2) is 17.5 Å². The first-order valence-corrected chi connectivity index (χ1v) is 16.5. The van der Waals surface area contributed by atoms with E-state index in [1.807, 2.05) is 43.4 Å². The molecule has 2 heterocycles. The average Bonchev–Trinajstić information content (AvgIpc) is 3.52. The quantitative estimate of drug-likeness (QED) is 0.193. The minimum Gasteiger partial charge on any atom is -0.295 e. The van der Waals surface area contributed by atoms with Crippen molar-refractivity contribution >= 4 is 21.8 Å². The van der Waals surface area contributed by atoms with Gasteiger partial charge in [0.1, 0.15) is 0 Å². The van der Waals surface area contributed by atoms with Gasteiger partial charge in [0.05, 0.1) is 11.0 Å². The maximum atomic E-state index is 12.5. The van der Waals surface area contributed by atoms with E-state index >= 15 is 0 Å². The maximum Gasteiger partial charge on any atom is 0.328 e. The molecule has 0 aliphatic heterocycles. The van der Waals surface area contributed by atoms with Crippen molar-refractivity contribution in [2.24, 2.45) is 14.1 Å². The number of imidazole rings is 1. The highest BCUT2D eigenvalue weighted by Crippen LogP contribution is 2.52. The Morgan fingerprint density at radius 1 is 0.510 bits per heavy atom. The molecule has 6 nitrogen and oxygen atoms in total. The second-order valence-electron chi connectivity index (χ2n) is 13.4. The van der Waals surface area contributed by atoms with Crippen LogP contribution < -0.4 is 5.69 Å². The van der Waals surface area contributed by atoms with E-state index in [0.29, 0.717) is 17.5 Å². The zero-order chi connectivity index (χ0) is 33.4. The molecule has 1 aliphatic rings. The average molecular weight is 636 g/mol. The topological polar surface area (TPSA) is 65.6 Å². The Labute approximate surface area is 284 Å². The van der Waals surface area contributed by atoms with Crippen LogP contribution in [0.3, 0.4) is 0 Å². The Morgan fingerprint density at radius 3 is 1.86 bits per heavy atom. The van der Waals surface area contributed by atoms with Crippen LogP contribution in [-0.4, -0.2) is 24.1 Å². The molecule has 2 aromatic heterocycles. The maximum absolute atomic E-state index is 12.5. The summed E-state index contributed by atoms with van der Waals surface area (Å²) in [5.74, 6) is 1.89. The van der Waals surface area contributed by atoms with Crippen LogP contribution in [0.4, 0.5) is 0 Å². The second-order valence-corrected chi connectivity index (χ2v) is 13.4. The van der Waals surface area contributed by atoms with Gasteiger partial charge in [0.25, 0.3) is 0 Å². The highest BCUT2D eigenvalue weighted by molar-refractivity contribution is 6.02. The van der Waals surface area contributed by atoms with Gasteiger partial charge in [-0.1, -0.05) is 123 Å². The summed E-state index contributed by atoms with van der Waals surface area (Å²) in [6.45, 7) is 4.61. The molecule has 49 heavy (non-hydrogen) atoms. The highest BCUT2D eigenvalue weighted by Gasteiger charge is 2.36. The lowest BCUT2D eigenvalue weighted by Crippen LogP contribution is -2.19. The van der Waals surface area contributed by atoms with Crippen LogP contribution in [-0.2, 0) is 19.5 Å². The molecule has 8 aromatic rings.